The Bertz CT molecular complexity index is 1080. The van der Waals surface area contributed by atoms with Crippen LogP contribution in [-0.4, -0.2) is 49.7 Å². The van der Waals surface area contributed by atoms with E-state index in [4.69, 9.17) is 0 Å². The fraction of sp³-hybridized carbons (Fsp3) is 0.417. The molecule has 31 heavy (non-hydrogen) atoms. The summed E-state index contributed by atoms with van der Waals surface area (Å²) in [5, 5.41) is 11.0. The Hall–Kier alpha value is -2.64. The SMILES string of the molecule is CNc1c(C(=O)NCCc2ccc(N3C[C@H]4CC[C@@H](C3)N4)cc2)sc2ncc(C)cc12. The number of hydrogen-bond donors (Lipinski definition) is 3. The monoisotopic (exact) mass is 435 g/mol. The molecular weight excluding hydrogens is 406 g/mol. The molecule has 0 radical (unpaired) electrons. The lowest BCUT2D eigenvalue weighted by atomic mass is 10.1. The zero-order chi connectivity index (χ0) is 21.4. The average molecular weight is 436 g/mol. The van der Waals surface area contributed by atoms with Crippen LogP contribution in [0.3, 0.4) is 0 Å². The fourth-order valence-corrected chi connectivity index (χ4v) is 5.83. The second kappa shape index (κ2) is 8.48. The molecule has 1 amide bonds. The first kappa shape index (κ1) is 20.3. The number of nitrogens with one attached hydrogen (secondary N) is 3. The van der Waals surface area contributed by atoms with Crippen LogP contribution in [0.1, 0.15) is 33.6 Å². The minimum atomic E-state index is -0.0436. The summed E-state index contributed by atoms with van der Waals surface area (Å²) in [6.45, 7) is 4.83. The summed E-state index contributed by atoms with van der Waals surface area (Å²) in [6, 6.07) is 12.2. The van der Waals surface area contributed by atoms with Gasteiger partial charge < -0.3 is 20.9 Å². The zero-order valence-corrected chi connectivity index (χ0v) is 18.9. The van der Waals surface area contributed by atoms with Gasteiger partial charge in [-0.05, 0) is 55.5 Å². The van der Waals surface area contributed by atoms with Crippen molar-refractivity contribution >= 4 is 38.8 Å². The summed E-state index contributed by atoms with van der Waals surface area (Å²) in [7, 11) is 1.85. The van der Waals surface area contributed by atoms with Crippen molar-refractivity contribution < 1.29 is 4.79 Å². The van der Waals surface area contributed by atoms with Crippen LogP contribution in [0.15, 0.2) is 36.5 Å². The van der Waals surface area contributed by atoms with Gasteiger partial charge in [-0.15, -0.1) is 11.3 Å². The number of amides is 1. The van der Waals surface area contributed by atoms with E-state index in [1.807, 2.05) is 20.2 Å². The molecule has 3 N–H and O–H groups in total. The summed E-state index contributed by atoms with van der Waals surface area (Å²) >= 11 is 1.44. The van der Waals surface area contributed by atoms with Crippen LogP contribution in [0.25, 0.3) is 10.2 Å². The fourth-order valence-electron chi connectivity index (χ4n) is 4.78. The molecule has 162 valence electrons. The van der Waals surface area contributed by atoms with Gasteiger partial charge >= 0.3 is 0 Å². The summed E-state index contributed by atoms with van der Waals surface area (Å²) in [5.74, 6) is -0.0436. The molecule has 1 aromatic carbocycles. The quantitative estimate of drug-likeness (QED) is 0.552. The van der Waals surface area contributed by atoms with Crippen molar-refractivity contribution in [3.63, 3.8) is 0 Å². The number of anilines is 2. The largest absolute Gasteiger partial charge is 0.386 e. The lowest BCUT2D eigenvalue weighted by Crippen LogP contribution is -2.51. The van der Waals surface area contributed by atoms with Gasteiger partial charge in [0.05, 0.1) is 5.69 Å². The predicted octanol–water partition coefficient (Wildman–Crippen LogP) is 3.56. The third-order valence-electron chi connectivity index (χ3n) is 6.36. The van der Waals surface area contributed by atoms with E-state index < -0.39 is 0 Å². The number of carbonyl (C=O) groups is 1. The highest BCUT2D eigenvalue weighted by Gasteiger charge is 2.32. The van der Waals surface area contributed by atoms with Crippen molar-refractivity contribution in [2.45, 2.75) is 38.3 Å². The number of rotatable bonds is 6. The molecule has 2 saturated heterocycles. The number of nitrogens with zero attached hydrogens (tertiary/aromatic N) is 2. The molecule has 2 atom stereocenters. The normalized spacial score (nSPS) is 20.3. The van der Waals surface area contributed by atoms with E-state index in [1.54, 1.807) is 0 Å². The zero-order valence-electron chi connectivity index (χ0n) is 18.1. The van der Waals surface area contributed by atoms with Gasteiger partial charge in [0.1, 0.15) is 9.71 Å². The number of aryl methyl sites for hydroxylation is 1. The number of thiophene rings is 1. The molecule has 2 aliphatic rings. The second-order valence-corrected chi connectivity index (χ2v) is 9.64. The van der Waals surface area contributed by atoms with Crippen LogP contribution < -0.4 is 20.9 Å². The molecule has 7 heteroatoms. The van der Waals surface area contributed by atoms with Gasteiger partial charge in [0, 0.05) is 56.0 Å². The minimum absolute atomic E-state index is 0.0436. The van der Waals surface area contributed by atoms with Crippen LogP contribution in [0, 0.1) is 6.92 Å². The Labute approximate surface area is 187 Å². The Morgan fingerprint density at radius 1 is 1.23 bits per heavy atom. The lowest BCUT2D eigenvalue weighted by molar-refractivity contribution is 0.0959. The van der Waals surface area contributed by atoms with Crippen molar-refractivity contribution in [3.8, 4) is 0 Å². The van der Waals surface area contributed by atoms with Crippen molar-refractivity contribution in [2.75, 3.05) is 36.9 Å². The maximum atomic E-state index is 12.8. The van der Waals surface area contributed by atoms with Gasteiger partial charge in [-0.2, -0.15) is 0 Å². The summed E-state index contributed by atoms with van der Waals surface area (Å²) in [5.41, 5.74) is 4.50. The highest BCUT2D eigenvalue weighted by Crippen LogP contribution is 2.34. The van der Waals surface area contributed by atoms with Gasteiger partial charge in [0.25, 0.3) is 5.91 Å². The molecule has 4 heterocycles. The average Bonchev–Trinajstić information content (AvgIpc) is 3.32. The molecular formula is C24H29N5OS. The predicted molar refractivity (Wildman–Crippen MR) is 129 cm³/mol. The van der Waals surface area contributed by atoms with Crippen LogP contribution in [0.5, 0.6) is 0 Å². The van der Waals surface area contributed by atoms with Gasteiger partial charge in [0.15, 0.2) is 0 Å². The van der Waals surface area contributed by atoms with E-state index in [0.29, 0.717) is 23.5 Å². The molecule has 0 unspecified atom stereocenters. The topological polar surface area (TPSA) is 69.3 Å². The maximum Gasteiger partial charge on any atom is 0.263 e. The molecule has 0 spiro atoms. The van der Waals surface area contributed by atoms with E-state index in [-0.39, 0.29) is 5.91 Å². The second-order valence-electron chi connectivity index (χ2n) is 8.64. The van der Waals surface area contributed by atoms with E-state index in [9.17, 15) is 4.79 Å². The third kappa shape index (κ3) is 4.12. The standard InChI is InChI=1S/C24H29N5OS/c1-15-11-20-21(25-2)22(31-24(20)27-12-15)23(30)26-10-9-16-3-7-19(8-4-16)29-13-17-5-6-18(14-29)28-17/h3-4,7-8,11-12,17-18,25,28H,5-6,9-10,13-14H2,1-2H3,(H,26,30)/t17-,18+. The van der Waals surface area contributed by atoms with Crippen LogP contribution in [0.2, 0.25) is 0 Å². The van der Waals surface area contributed by atoms with Crippen LogP contribution in [0.4, 0.5) is 11.4 Å². The summed E-state index contributed by atoms with van der Waals surface area (Å²) in [4.78, 5) is 21.4. The third-order valence-corrected chi connectivity index (χ3v) is 7.47. The Morgan fingerprint density at radius 2 is 1.97 bits per heavy atom. The number of hydrogen-bond acceptors (Lipinski definition) is 6. The number of piperazine rings is 1. The van der Waals surface area contributed by atoms with Gasteiger partial charge in [-0.1, -0.05) is 12.1 Å². The molecule has 0 saturated carbocycles. The van der Waals surface area contributed by atoms with Crippen LogP contribution >= 0.6 is 11.3 Å². The first-order chi connectivity index (χ1) is 15.1. The Kier molecular flexibility index (Phi) is 5.54. The molecule has 0 aliphatic carbocycles. The molecule has 3 aromatic rings. The lowest BCUT2D eigenvalue weighted by Gasteiger charge is -2.34. The van der Waals surface area contributed by atoms with E-state index in [0.717, 1.165) is 41.0 Å². The minimum Gasteiger partial charge on any atom is -0.386 e. The molecule has 2 aromatic heterocycles. The highest BCUT2D eigenvalue weighted by atomic mass is 32.1. The number of benzene rings is 1. The van der Waals surface area contributed by atoms with Gasteiger partial charge in [-0.3, -0.25) is 4.79 Å². The molecule has 6 nitrogen and oxygen atoms in total. The summed E-state index contributed by atoms with van der Waals surface area (Å²) < 4.78 is 0. The van der Waals surface area contributed by atoms with E-state index in [2.05, 4.69) is 56.2 Å². The number of aromatic nitrogens is 1. The van der Waals surface area contributed by atoms with Crippen molar-refractivity contribution in [2.24, 2.45) is 0 Å². The van der Waals surface area contributed by atoms with Crippen molar-refractivity contribution in [3.05, 3.63) is 52.5 Å². The van der Waals surface area contributed by atoms with Crippen LogP contribution in [-0.2, 0) is 6.42 Å². The molecule has 2 bridgehead atoms. The molecule has 2 fully saturated rings. The van der Waals surface area contributed by atoms with Crippen molar-refractivity contribution in [1.29, 1.82) is 0 Å². The number of pyridine rings is 1. The van der Waals surface area contributed by atoms with E-state index in [1.165, 1.54) is 35.4 Å². The Morgan fingerprint density at radius 3 is 2.68 bits per heavy atom. The van der Waals surface area contributed by atoms with Crippen molar-refractivity contribution in [1.82, 2.24) is 15.6 Å². The van der Waals surface area contributed by atoms with Gasteiger partial charge in [0.2, 0.25) is 0 Å². The number of fused-ring (bicyclic) bond motifs is 3. The number of carbonyl (C=O) groups excluding carboxylic acids is 1. The smallest absolute Gasteiger partial charge is 0.263 e. The van der Waals surface area contributed by atoms with Gasteiger partial charge in [-0.25, -0.2) is 4.98 Å². The first-order valence-corrected chi connectivity index (χ1v) is 11.9. The van der Waals surface area contributed by atoms with E-state index >= 15 is 0 Å². The maximum absolute atomic E-state index is 12.8. The Balaban J connectivity index is 1.19. The summed E-state index contributed by atoms with van der Waals surface area (Å²) in [6.07, 6.45) is 5.25. The first-order valence-electron chi connectivity index (χ1n) is 11.1. The highest BCUT2D eigenvalue weighted by molar-refractivity contribution is 7.21. The molecule has 2 aliphatic heterocycles. The molecule has 5 rings (SSSR count).